The highest BCUT2D eigenvalue weighted by atomic mass is 35.5. The molecule has 7 heteroatoms. The van der Waals surface area contributed by atoms with E-state index in [1.54, 1.807) is 49.6 Å². The van der Waals surface area contributed by atoms with Crippen molar-refractivity contribution in [1.29, 1.82) is 0 Å². The normalized spacial score (nSPS) is 15.7. The molecule has 3 rings (SSSR count). The maximum Gasteiger partial charge on any atom is 0.293 e. The average molecular weight is 390 g/mol. The fourth-order valence-corrected chi connectivity index (χ4v) is 3.58. The SMILES string of the molecule is COc1ccc(/C=C2\SC(=O)N(Cc3cccc(Cl)c3)C2=O)c(OC)c1. The molecule has 2 amide bonds. The smallest absolute Gasteiger partial charge is 0.293 e. The van der Waals surface area contributed by atoms with E-state index in [9.17, 15) is 9.59 Å². The van der Waals surface area contributed by atoms with Crippen LogP contribution in [0.4, 0.5) is 4.79 Å². The lowest BCUT2D eigenvalue weighted by atomic mass is 10.1. The molecule has 1 aliphatic rings. The first-order valence-electron chi connectivity index (χ1n) is 7.73. The van der Waals surface area contributed by atoms with Gasteiger partial charge in [0.05, 0.1) is 25.7 Å². The van der Waals surface area contributed by atoms with E-state index >= 15 is 0 Å². The van der Waals surface area contributed by atoms with Gasteiger partial charge in [0.25, 0.3) is 11.1 Å². The zero-order valence-corrected chi connectivity index (χ0v) is 15.8. The number of hydrogen-bond donors (Lipinski definition) is 0. The highest BCUT2D eigenvalue weighted by molar-refractivity contribution is 8.18. The molecule has 134 valence electrons. The Balaban J connectivity index is 1.85. The van der Waals surface area contributed by atoms with E-state index in [-0.39, 0.29) is 17.7 Å². The standard InChI is InChI=1S/C19H16ClNO4S/c1-24-15-7-6-13(16(10-15)25-2)9-17-18(22)21(19(23)26-17)11-12-4-3-5-14(20)8-12/h3-10H,11H2,1-2H3/b17-9-. The molecular weight excluding hydrogens is 374 g/mol. The zero-order valence-electron chi connectivity index (χ0n) is 14.2. The Morgan fingerprint density at radius 3 is 2.62 bits per heavy atom. The van der Waals surface area contributed by atoms with E-state index in [0.717, 1.165) is 17.3 Å². The Bertz CT molecular complexity index is 897. The first-order valence-corrected chi connectivity index (χ1v) is 8.93. The minimum Gasteiger partial charge on any atom is -0.497 e. The first-order chi connectivity index (χ1) is 12.5. The van der Waals surface area contributed by atoms with E-state index in [0.29, 0.717) is 27.0 Å². The molecule has 0 N–H and O–H groups in total. The molecule has 0 atom stereocenters. The van der Waals surface area contributed by atoms with E-state index in [4.69, 9.17) is 21.1 Å². The molecule has 0 radical (unpaired) electrons. The van der Waals surface area contributed by atoms with Crippen LogP contribution in [0.3, 0.4) is 0 Å². The van der Waals surface area contributed by atoms with Crippen LogP contribution >= 0.6 is 23.4 Å². The Morgan fingerprint density at radius 1 is 1.12 bits per heavy atom. The van der Waals surface area contributed by atoms with Crippen LogP contribution < -0.4 is 9.47 Å². The fraction of sp³-hybridized carbons (Fsp3) is 0.158. The summed E-state index contributed by atoms with van der Waals surface area (Å²) in [5.41, 5.74) is 1.49. The number of methoxy groups -OCH3 is 2. The number of ether oxygens (including phenoxy) is 2. The number of amides is 2. The van der Waals surface area contributed by atoms with Gasteiger partial charge in [0.15, 0.2) is 0 Å². The third-order valence-electron chi connectivity index (χ3n) is 3.83. The summed E-state index contributed by atoms with van der Waals surface area (Å²) >= 11 is 6.88. The third kappa shape index (κ3) is 3.86. The molecule has 2 aromatic carbocycles. The third-order valence-corrected chi connectivity index (χ3v) is 4.97. The molecule has 1 saturated heterocycles. The van der Waals surface area contributed by atoms with Crippen molar-refractivity contribution in [2.24, 2.45) is 0 Å². The van der Waals surface area contributed by atoms with Crippen LogP contribution in [0.1, 0.15) is 11.1 Å². The van der Waals surface area contributed by atoms with Crippen LogP contribution in [0.25, 0.3) is 6.08 Å². The van der Waals surface area contributed by atoms with E-state index in [1.807, 2.05) is 6.07 Å². The maximum absolute atomic E-state index is 12.6. The monoisotopic (exact) mass is 389 g/mol. The Labute approximate surface area is 160 Å². The lowest BCUT2D eigenvalue weighted by Crippen LogP contribution is -2.27. The Kier molecular flexibility index (Phi) is 5.54. The van der Waals surface area contributed by atoms with Gasteiger partial charge >= 0.3 is 0 Å². The number of imide groups is 1. The van der Waals surface area contributed by atoms with Crippen LogP contribution in [0, 0.1) is 0 Å². The lowest BCUT2D eigenvalue weighted by Gasteiger charge is -2.12. The fourth-order valence-electron chi connectivity index (χ4n) is 2.53. The number of thioether (sulfide) groups is 1. The van der Waals surface area contributed by atoms with E-state index in [1.165, 1.54) is 12.0 Å². The van der Waals surface area contributed by atoms with Crippen molar-refractivity contribution in [1.82, 2.24) is 4.90 Å². The Morgan fingerprint density at radius 2 is 1.92 bits per heavy atom. The molecule has 0 spiro atoms. The predicted octanol–water partition coefficient (Wildman–Crippen LogP) is 4.59. The topological polar surface area (TPSA) is 55.8 Å². The number of carbonyl (C=O) groups excluding carboxylic acids is 2. The molecule has 0 unspecified atom stereocenters. The van der Waals surface area contributed by atoms with Gasteiger partial charge in [-0.1, -0.05) is 23.7 Å². The number of benzene rings is 2. The molecule has 1 fully saturated rings. The van der Waals surface area contributed by atoms with Gasteiger partial charge in [-0.15, -0.1) is 0 Å². The first kappa shape index (κ1) is 18.4. The van der Waals surface area contributed by atoms with Gasteiger partial charge < -0.3 is 9.47 Å². The molecule has 0 saturated carbocycles. The van der Waals surface area contributed by atoms with Gasteiger partial charge in [-0.3, -0.25) is 14.5 Å². The quantitative estimate of drug-likeness (QED) is 0.700. The summed E-state index contributed by atoms with van der Waals surface area (Å²) < 4.78 is 10.5. The molecular formula is C19H16ClNO4S. The van der Waals surface area contributed by atoms with Crippen LogP contribution in [0.15, 0.2) is 47.4 Å². The summed E-state index contributed by atoms with van der Waals surface area (Å²) in [6.45, 7) is 0.183. The second kappa shape index (κ2) is 7.85. The second-order valence-corrected chi connectivity index (χ2v) is 6.94. The summed E-state index contributed by atoms with van der Waals surface area (Å²) in [7, 11) is 3.10. The minimum atomic E-state index is -0.335. The van der Waals surface area contributed by atoms with Gasteiger partial charge in [-0.2, -0.15) is 0 Å². The summed E-state index contributed by atoms with van der Waals surface area (Å²) in [5.74, 6) is 0.872. The van der Waals surface area contributed by atoms with Gasteiger partial charge in [0.2, 0.25) is 0 Å². The summed E-state index contributed by atoms with van der Waals surface area (Å²) in [5, 5.41) is 0.252. The number of halogens is 1. The van der Waals surface area contributed by atoms with Crippen LogP contribution in [-0.2, 0) is 11.3 Å². The van der Waals surface area contributed by atoms with Crippen LogP contribution in [0.2, 0.25) is 5.02 Å². The van der Waals surface area contributed by atoms with Gasteiger partial charge in [0, 0.05) is 16.7 Å². The van der Waals surface area contributed by atoms with Crippen molar-refractivity contribution in [3.05, 3.63) is 63.5 Å². The second-order valence-electron chi connectivity index (χ2n) is 5.51. The largest absolute Gasteiger partial charge is 0.497 e. The lowest BCUT2D eigenvalue weighted by molar-refractivity contribution is -0.123. The zero-order chi connectivity index (χ0) is 18.7. The van der Waals surface area contributed by atoms with Crippen molar-refractivity contribution in [3.8, 4) is 11.5 Å². The highest BCUT2D eigenvalue weighted by Gasteiger charge is 2.35. The van der Waals surface area contributed by atoms with Crippen LogP contribution in [0.5, 0.6) is 11.5 Å². The van der Waals surface area contributed by atoms with Crippen molar-refractivity contribution in [2.45, 2.75) is 6.54 Å². The van der Waals surface area contributed by atoms with E-state index < -0.39 is 0 Å². The maximum atomic E-state index is 12.6. The van der Waals surface area contributed by atoms with Crippen molar-refractivity contribution in [3.63, 3.8) is 0 Å². The van der Waals surface area contributed by atoms with Crippen molar-refractivity contribution < 1.29 is 19.1 Å². The summed E-state index contributed by atoms with van der Waals surface area (Å²) in [6.07, 6.45) is 1.65. The average Bonchev–Trinajstić information content (AvgIpc) is 2.89. The minimum absolute atomic E-state index is 0.183. The molecule has 0 aromatic heterocycles. The molecule has 0 bridgehead atoms. The van der Waals surface area contributed by atoms with Gasteiger partial charge in [0.1, 0.15) is 11.5 Å². The molecule has 2 aromatic rings. The molecule has 26 heavy (non-hydrogen) atoms. The predicted molar refractivity (Wildman–Crippen MR) is 103 cm³/mol. The van der Waals surface area contributed by atoms with Crippen molar-refractivity contribution in [2.75, 3.05) is 14.2 Å². The van der Waals surface area contributed by atoms with E-state index in [2.05, 4.69) is 0 Å². The summed E-state index contributed by atoms with van der Waals surface area (Å²) in [4.78, 5) is 26.5. The van der Waals surface area contributed by atoms with Gasteiger partial charge in [-0.25, -0.2) is 0 Å². The molecule has 1 heterocycles. The van der Waals surface area contributed by atoms with Crippen LogP contribution in [-0.4, -0.2) is 30.3 Å². The Hall–Kier alpha value is -2.44. The van der Waals surface area contributed by atoms with Crippen molar-refractivity contribution >= 4 is 40.6 Å². The molecule has 0 aliphatic carbocycles. The molecule has 5 nitrogen and oxygen atoms in total. The number of hydrogen-bond acceptors (Lipinski definition) is 5. The summed E-state index contributed by atoms with van der Waals surface area (Å²) in [6, 6.07) is 12.4. The number of rotatable bonds is 5. The highest BCUT2D eigenvalue weighted by Crippen LogP contribution is 2.35. The number of nitrogens with zero attached hydrogens (tertiary/aromatic N) is 1. The van der Waals surface area contributed by atoms with Gasteiger partial charge in [-0.05, 0) is 47.7 Å². The molecule has 1 aliphatic heterocycles. The number of carbonyl (C=O) groups is 2.